The van der Waals surface area contributed by atoms with Gasteiger partial charge in [-0.25, -0.2) is 4.45 Å². The molecule has 0 radical (unpaired) electrons. The molecule has 6 rings (SSSR count). The minimum absolute atomic E-state index is 0.203. The van der Waals surface area contributed by atoms with Crippen molar-refractivity contribution in [3.63, 3.8) is 0 Å². The summed E-state index contributed by atoms with van der Waals surface area (Å²) in [6.45, 7) is 6.37. The molecule has 5 heterocycles. The van der Waals surface area contributed by atoms with Gasteiger partial charge in [0.15, 0.2) is 0 Å². The molecule has 132 valence electrons. The zero-order valence-corrected chi connectivity index (χ0v) is 16.9. The lowest BCUT2D eigenvalue weighted by molar-refractivity contribution is 0.00821. The van der Waals surface area contributed by atoms with Crippen LogP contribution in [0.15, 0.2) is 16.6 Å². The van der Waals surface area contributed by atoms with E-state index >= 15 is 0 Å². The van der Waals surface area contributed by atoms with Crippen molar-refractivity contribution in [1.29, 1.82) is 0 Å². The van der Waals surface area contributed by atoms with E-state index in [2.05, 4.69) is 36.8 Å². The summed E-state index contributed by atoms with van der Waals surface area (Å²) in [5.41, 5.74) is 3.00. The van der Waals surface area contributed by atoms with Gasteiger partial charge in [0, 0.05) is 44.1 Å². The van der Waals surface area contributed by atoms with Crippen LogP contribution in [0.25, 0.3) is 10.9 Å². The summed E-state index contributed by atoms with van der Waals surface area (Å²) >= 11 is 3.67. The third-order valence-corrected chi connectivity index (χ3v) is 7.55. The highest BCUT2D eigenvalue weighted by Crippen LogP contribution is 2.38. The van der Waals surface area contributed by atoms with Gasteiger partial charge in [-0.15, -0.1) is 0 Å². The number of carbonyl (C=O) groups is 1. The number of piperidine rings is 3. The molecule has 0 N–H and O–H groups in total. The lowest BCUT2D eigenvalue weighted by Gasteiger charge is -2.49. The van der Waals surface area contributed by atoms with Crippen LogP contribution in [0.1, 0.15) is 28.9 Å². The van der Waals surface area contributed by atoms with Crippen molar-refractivity contribution in [2.75, 3.05) is 32.8 Å². The van der Waals surface area contributed by atoms with Gasteiger partial charge >= 0.3 is 0 Å². The fraction of sp³-hybridized carbons (Fsp3) is 0.556. The third kappa shape index (κ3) is 2.41. The number of fused-ring (bicyclic) bond motifs is 3. The SMILES string of the molecule is CPn1nc2c3c(ccc(Br)c31)C(=O)N([C@@H]1CN3CCC1CC3)CC2. The van der Waals surface area contributed by atoms with Crippen LogP contribution in [-0.4, -0.2) is 64.1 Å². The van der Waals surface area contributed by atoms with E-state index < -0.39 is 0 Å². The molecule has 2 aromatic rings. The topological polar surface area (TPSA) is 41.4 Å². The first-order valence-corrected chi connectivity index (χ1v) is 11.3. The minimum atomic E-state index is 0.203. The van der Waals surface area contributed by atoms with Crippen LogP contribution in [0.5, 0.6) is 0 Å². The highest BCUT2D eigenvalue weighted by molar-refractivity contribution is 9.10. The molecule has 2 atom stereocenters. The van der Waals surface area contributed by atoms with Gasteiger partial charge in [0.05, 0.1) is 16.8 Å². The predicted molar refractivity (Wildman–Crippen MR) is 105 cm³/mol. The molecule has 1 aromatic carbocycles. The molecule has 1 aromatic heterocycles. The Morgan fingerprint density at radius 3 is 2.72 bits per heavy atom. The molecule has 1 unspecified atom stereocenters. The molecule has 0 spiro atoms. The first-order valence-electron chi connectivity index (χ1n) is 9.08. The summed E-state index contributed by atoms with van der Waals surface area (Å²) in [6, 6.07) is 4.37. The predicted octanol–water partition coefficient (Wildman–Crippen LogP) is 2.96. The molecular formula is C18H22BrN4OP. The quantitative estimate of drug-likeness (QED) is 0.701. The van der Waals surface area contributed by atoms with E-state index in [0.717, 1.165) is 46.1 Å². The Bertz CT molecular complexity index is 858. The van der Waals surface area contributed by atoms with Crippen LogP contribution in [0.3, 0.4) is 0 Å². The van der Waals surface area contributed by atoms with Crippen LogP contribution >= 0.6 is 24.7 Å². The number of nitrogens with zero attached hydrogens (tertiary/aromatic N) is 4. The number of hydrogen-bond donors (Lipinski definition) is 0. The van der Waals surface area contributed by atoms with Crippen molar-refractivity contribution in [2.45, 2.75) is 25.3 Å². The van der Waals surface area contributed by atoms with Crippen molar-refractivity contribution in [3.8, 4) is 0 Å². The highest BCUT2D eigenvalue weighted by Gasteiger charge is 2.41. The second kappa shape index (κ2) is 6.04. The van der Waals surface area contributed by atoms with E-state index in [1.165, 1.54) is 25.9 Å². The van der Waals surface area contributed by atoms with Crippen molar-refractivity contribution in [2.24, 2.45) is 5.92 Å². The zero-order chi connectivity index (χ0) is 17.1. The smallest absolute Gasteiger partial charge is 0.254 e. The van der Waals surface area contributed by atoms with Crippen molar-refractivity contribution < 1.29 is 4.79 Å². The molecule has 0 aliphatic carbocycles. The summed E-state index contributed by atoms with van der Waals surface area (Å²) in [4.78, 5) is 18.2. The summed E-state index contributed by atoms with van der Waals surface area (Å²) in [5, 5.41) is 5.90. The van der Waals surface area contributed by atoms with E-state index in [-0.39, 0.29) is 5.91 Å². The Balaban J connectivity index is 1.60. The Morgan fingerprint density at radius 2 is 2.04 bits per heavy atom. The number of carbonyl (C=O) groups excluding carboxylic acids is 1. The Kier molecular flexibility index (Phi) is 3.92. The van der Waals surface area contributed by atoms with Gasteiger partial charge < -0.3 is 9.80 Å². The van der Waals surface area contributed by atoms with Crippen LogP contribution < -0.4 is 0 Å². The standard InChI is InChI=1S/C18H22BrN4OP/c1-25-23-17-13(19)3-2-12-16(17)14(20-23)6-9-22(18(12)24)15-10-21-7-4-11(15)5-8-21/h2-3,11,15,25H,4-10H2,1H3/t15-/m1/s1. The lowest BCUT2D eigenvalue weighted by Crippen LogP contribution is -2.58. The number of amides is 1. The van der Waals surface area contributed by atoms with Gasteiger partial charge in [-0.1, -0.05) is 0 Å². The molecule has 4 aliphatic rings. The van der Waals surface area contributed by atoms with Crippen molar-refractivity contribution in [3.05, 3.63) is 27.9 Å². The molecule has 1 amide bonds. The average Bonchev–Trinajstić information content (AvgIpc) is 2.96. The molecule has 7 heteroatoms. The lowest BCUT2D eigenvalue weighted by atomic mass is 9.83. The number of aromatic nitrogens is 2. The molecule has 0 saturated carbocycles. The Labute approximate surface area is 157 Å². The van der Waals surface area contributed by atoms with Crippen LogP contribution in [0.4, 0.5) is 0 Å². The van der Waals surface area contributed by atoms with Crippen LogP contribution in [0, 0.1) is 5.92 Å². The molecule has 25 heavy (non-hydrogen) atoms. The van der Waals surface area contributed by atoms with Crippen LogP contribution in [-0.2, 0) is 6.42 Å². The maximum absolute atomic E-state index is 13.5. The van der Waals surface area contributed by atoms with E-state index in [4.69, 9.17) is 5.10 Å². The number of rotatable bonds is 2. The third-order valence-electron chi connectivity index (χ3n) is 6.16. The monoisotopic (exact) mass is 420 g/mol. The molecule has 3 saturated heterocycles. The van der Waals surface area contributed by atoms with Crippen molar-refractivity contribution >= 4 is 41.5 Å². The first-order chi connectivity index (χ1) is 12.2. The van der Waals surface area contributed by atoms with E-state index in [0.29, 0.717) is 20.7 Å². The fourth-order valence-electron chi connectivity index (χ4n) is 4.89. The Hall–Kier alpha value is -0.970. The Morgan fingerprint density at radius 1 is 1.24 bits per heavy atom. The minimum Gasteiger partial charge on any atom is -0.334 e. The zero-order valence-electron chi connectivity index (χ0n) is 14.3. The summed E-state index contributed by atoms with van der Waals surface area (Å²) in [7, 11) is 0.562. The highest BCUT2D eigenvalue weighted by atomic mass is 79.9. The van der Waals surface area contributed by atoms with E-state index in [1.54, 1.807) is 0 Å². The molecular weight excluding hydrogens is 399 g/mol. The second-order valence-corrected chi connectivity index (χ2v) is 9.08. The summed E-state index contributed by atoms with van der Waals surface area (Å²) < 4.78 is 3.08. The van der Waals surface area contributed by atoms with Gasteiger partial charge in [0.1, 0.15) is 0 Å². The maximum atomic E-state index is 13.5. The molecule has 4 aliphatic heterocycles. The van der Waals surface area contributed by atoms with Gasteiger partial charge in [-0.2, -0.15) is 5.10 Å². The van der Waals surface area contributed by atoms with Gasteiger partial charge in [-0.05, 0) is 66.6 Å². The first kappa shape index (κ1) is 16.2. The van der Waals surface area contributed by atoms with Gasteiger partial charge in [0.25, 0.3) is 5.91 Å². The van der Waals surface area contributed by atoms with E-state index in [1.807, 2.05) is 12.1 Å². The summed E-state index contributed by atoms with van der Waals surface area (Å²) in [5.74, 6) is 0.872. The van der Waals surface area contributed by atoms with Crippen LogP contribution in [0.2, 0.25) is 0 Å². The number of benzene rings is 1. The van der Waals surface area contributed by atoms with Gasteiger partial charge in [-0.3, -0.25) is 4.79 Å². The van der Waals surface area contributed by atoms with E-state index in [9.17, 15) is 4.79 Å². The largest absolute Gasteiger partial charge is 0.334 e. The molecule has 5 nitrogen and oxygen atoms in total. The average molecular weight is 421 g/mol. The molecule has 2 bridgehead atoms. The number of hydrogen-bond acceptors (Lipinski definition) is 3. The van der Waals surface area contributed by atoms with Crippen molar-refractivity contribution in [1.82, 2.24) is 19.4 Å². The van der Waals surface area contributed by atoms with Gasteiger partial charge in [0.2, 0.25) is 0 Å². The normalized spacial score (nSPS) is 29.1. The summed E-state index contributed by atoms with van der Waals surface area (Å²) in [6.07, 6.45) is 3.32. The number of halogens is 1. The second-order valence-electron chi connectivity index (χ2n) is 7.35. The molecule has 3 fully saturated rings. The fourth-order valence-corrected chi connectivity index (χ4v) is 6.23. The maximum Gasteiger partial charge on any atom is 0.254 e.